The first-order chi connectivity index (χ1) is 14.2. The zero-order valence-corrected chi connectivity index (χ0v) is 16.9. The fourth-order valence-electron chi connectivity index (χ4n) is 3.91. The predicted molar refractivity (Wildman–Crippen MR) is 110 cm³/mol. The summed E-state index contributed by atoms with van der Waals surface area (Å²) in [6.45, 7) is 2.17. The number of benzene rings is 1. The van der Waals surface area contributed by atoms with Gasteiger partial charge < -0.3 is 14.2 Å². The van der Waals surface area contributed by atoms with Crippen molar-refractivity contribution < 1.29 is 19.0 Å². The maximum absolute atomic E-state index is 12.8. The minimum absolute atomic E-state index is 0.182. The second kappa shape index (κ2) is 7.61. The van der Waals surface area contributed by atoms with Crippen LogP contribution in [0, 0.1) is 0 Å². The molecule has 1 fully saturated rings. The van der Waals surface area contributed by atoms with Gasteiger partial charge in [0.1, 0.15) is 11.3 Å². The summed E-state index contributed by atoms with van der Waals surface area (Å²) in [7, 11) is 1.58. The Labute approximate surface area is 172 Å². The molecule has 2 aliphatic heterocycles. The highest BCUT2D eigenvalue weighted by Crippen LogP contribution is 2.39. The average Bonchev–Trinajstić information content (AvgIpc) is 3.39. The molecule has 0 bridgehead atoms. The van der Waals surface area contributed by atoms with Crippen molar-refractivity contribution in [1.82, 2.24) is 9.97 Å². The van der Waals surface area contributed by atoms with E-state index >= 15 is 0 Å². The standard InChI is InChI=1S/C21H21N3O4S/c1-26-20-17-18(15(11-22-20)12-4-7-27-8-5-12)29-21(23-17)24-19(25)14-2-3-16-13(10-14)6-9-28-16/h2-3,10-12H,4-9H2,1H3,(H,23,24,25). The zero-order chi connectivity index (χ0) is 19.8. The first kappa shape index (κ1) is 18.3. The van der Waals surface area contributed by atoms with E-state index < -0.39 is 0 Å². The fraction of sp³-hybridized carbons (Fsp3) is 0.381. The zero-order valence-electron chi connectivity index (χ0n) is 16.1. The molecule has 1 aromatic carbocycles. The van der Waals surface area contributed by atoms with E-state index in [1.807, 2.05) is 18.3 Å². The van der Waals surface area contributed by atoms with E-state index in [0.29, 0.717) is 34.6 Å². The summed E-state index contributed by atoms with van der Waals surface area (Å²) in [6.07, 6.45) is 4.62. The monoisotopic (exact) mass is 411 g/mol. The summed E-state index contributed by atoms with van der Waals surface area (Å²) in [5.74, 6) is 1.53. The molecule has 5 rings (SSSR count). The summed E-state index contributed by atoms with van der Waals surface area (Å²) in [5, 5.41) is 3.48. The lowest BCUT2D eigenvalue weighted by molar-refractivity contribution is 0.0855. The third-order valence-corrected chi connectivity index (χ3v) is 6.46. The first-order valence-corrected chi connectivity index (χ1v) is 10.5. The number of anilines is 1. The van der Waals surface area contributed by atoms with E-state index in [1.54, 1.807) is 13.2 Å². The number of amides is 1. The van der Waals surface area contributed by atoms with Crippen molar-refractivity contribution in [2.75, 3.05) is 32.2 Å². The van der Waals surface area contributed by atoms with Crippen LogP contribution in [-0.2, 0) is 11.2 Å². The van der Waals surface area contributed by atoms with Crippen molar-refractivity contribution in [2.24, 2.45) is 0 Å². The van der Waals surface area contributed by atoms with Gasteiger partial charge in [0.2, 0.25) is 5.88 Å². The van der Waals surface area contributed by atoms with Crippen LogP contribution in [0.1, 0.15) is 40.2 Å². The number of aromatic nitrogens is 2. The second-order valence-electron chi connectivity index (χ2n) is 7.18. The van der Waals surface area contributed by atoms with Crippen LogP contribution in [0.5, 0.6) is 11.6 Å². The van der Waals surface area contributed by atoms with Crippen molar-refractivity contribution in [3.8, 4) is 11.6 Å². The van der Waals surface area contributed by atoms with Crippen LogP contribution in [0.15, 0.2) is 24.4 Å². The molecule has 2 aromatic heterocycles. The Hall–Kier alpha value is -2.71. The molecule has 3 aromatic rings. The molecule has 8 heteroatoms. The molecule has 0 spiro atoms. The van der Waals surface area contributed by atoms with E-state index in [-0.39, 0.29) is 5.91 Å². The molecule has 0 unspecified atom stereocenters. The highest BCUT2D eigenvalue weighted by molar-refractivity contribution is 7.22. The Bertz CT molecular complexity index is 1080. The maximum atomic E-state index is 12.8. The minimum Gasteiger partial charge on any atom is -0.493 e. The number of carbonyl (C=O) groups is 1. The van der Waals surface area contributed by atoms with Gasteiger partial charge in [0.15, 0.2) is 5.13 Å². The molecule has 1 saturated heterocycles. The Morgan fingerprint density at radius 2 is 2.14 bits per heavy atom. The van der Waals surface area contributed by atoms with Crippen LogP contribution in [0.3, 0.4) is 0 Å². The van der Waals surface area contributed by atoms with Crippen molar-refractivity contribution in [3.05, 3.63) is 41.1 Å². The molecule has 4 heterocycles. The van der Waals surface area contributed by atoms with Gasteiger partial charge in [0.25, 0.3) is 5.91 Å². The van der Waals surface area contributed by atoms with Crippen molar-refractivity contribution in [1.29, 1.82) is 0 Å². The molecule has 0 saturated carbocycles. The lowest BCUT2D eigenvalue weighted by atomic mass is 9.93. The van der Waals surface area contributed by atoms with Crippen molar-refractivity contribution in [2.45, 2.75) is 25.2 Å². The fourth-order valence-corrected chi connectivity index (χ4v) is 4.95. The number of carbonyl (C=O) groups excluding carboxylic acids is 1. The summed E-state index contributed by atoms with van der Waals surface area (Å²) in [5.41, 5.74) is 3.51. The number of hydrogen-bond acceptors (Lipinski definition) is 7. The number of ether oxygens (including phenoxy) is 3. The van der Waals surface area contributed by atoms with Gasteiger partial charge in [-0.1, -0.05) is 11.3 Å². The summed E-state index contributed by atoms with van der Waals surface area (Å²) < 4.78 is 17.4. The number of nitrogens with one attached hydrogen (secondary N) is 1. The summed E-state index contributed by atoms with van der Waals surface area (Å²) in [6, 6.07) is 5.52. The van der Waals surface area contributed by atoms with E-state index in [9.17, 15) is 4.79 Å². The number of thiazole rings is 1. The maximum Gasteiger partial charge on any atom is 0.257 e. The molecule has 0 radical (unpaired) electrons. The van der Waals surface area contributed by atoms with Gasteiger partial charge in [-0.05, 0) is 48.1 Å². The van der Waals surface area contributed by atoms with Gasteiger partial charge in [-0.15, -0.1) is 0 Å². The lowest BCUT2D eigenvalue weighted by Crippen LogP contribution is -2.14. The number of rotatable bonds is 4. The highest BCUT2D eigenvalue weighted by Gasteiger charge is 2.23. The Morgan fingerprint density at radius 3 is 2.97 bits per heavy atom. The van der Waals surface area contributed by atoms with Crippen LogP contribution in [0.4, 0.5) is 5.13 Å². The van der Waals surface area contributed by atoms with E-state index in [0.717, 1.165) is 54.1 Å². The van der Waals surface area contributed by atoms with Crippen LogP contribution >= 0.6 is 11.3 Å². The summed E-state index contributed by atoms with van der Waals surface area (Å²) >= 11 is 1.47. The van der Waals surface area contributed by atoms with Crippen LogP contribution in [-0.4, -0.2) is 42.8 Å². The van der Waals surface area contributed by atoms with Crippen LogP contribution in [0.2, 0.25) is 0 Å². The van der Waals surface area contributed by atoms with E-state index in [2.05, 4.69) is 15.3 Å². The number of nitrogens with zero attached hydrogens (tertiary/aromatic N) is 2. The normalized spacial score (nSPS) is 16.4. The quantitative estimate of drug-likeness (QED) is 0.704. The molecule has 7 nitrogen and oxygen atoms in total. The van der Waals surface area contributed by atoms with Crippen molar-refractivity contribution >= 4 is 32.6 Å². The van der Waals surface area contributed by atoms with Crippen molar-refractivity contribution in [3.63, 3.8) is 0 Å². The number of methoxy groups -OCH3 is 1. The minimum atomic E-state index is -0.182. The second-order valence-corrected chi connectivity index (χ2v) is 8.18. The highest BCUT2D eigenvalue weighted by atomic mass is 32.1. The summed E-state index contributed by atoms with van der Waals surface area (Å²) in [4.78, 5) is 21.8. The van der Waals surface area contributed by atoms with Crippen LogP contribution < -0.4 is 14.8 Å². The third kappa shape index (κ3) is 3.42. The number of pyridine rings is 1. The molecule has 1 amide bonds. The topological polar surface area (TPSA) is 82.6 Å². The molecule has 2 aliphatic rings. The Balaban J connectivity index is 1.46. The van der Waals surface area contributed by atoms with Gasteiger partial charge in [-0.25, -0.2) is 9.97 Å². The first-order valence-electron chi connectivity index (χ1n) is 9.71. The average molecular weight is 411 g/mol. The molecule has 1 N–H and O–H groups in total. The molecule has 0 atom stereocenters. The molecule has 0 aliphatic carbocycles. The van der Waals surface area contributed by atoms with Gasteiger partial charge in [0.05, 0.1) is 18.4 Å². The Morgan fingerprint density at radius 1 is 1.28 bits per heavy atom. The third-order valence-electron chi connectivity index (χ3n) is 5.44. The molecule has 29 heavy (non-hydrogen) atoms. The SMILES string of the molecule is COc1ncc(C2CCOCC2)c2sc(NC(=O)c3ccc4c(c3)CCO4)nc12. The van der Waals surface area contributed by atoms with E-state index in [4.69, 9.17) is 14.2 Å². The molecule has 150 valence electrons. The largest absolute Gasteiger partial charge is 0.493 e. The molecular formula is C21H21N3O4S. The van der Waals surface area contributed by atoms with E-state index in [1.165, 1.54) is 11.3 Å². The van der Waals surface area contributed by atoms with Crippen LogP contribution in [0.25, 0.3) is 10.2 Å². The van der Waals surface area contributed by atoms with Gasteiger partial charge in [-0.2, -0.15) is 0 Å². The van der Waals surface area contributed by atoms with Gasteiger partial charge in [-0.3, -0.25) is 10.1 Å². The number of hydrogen-bond donors (Lipinski definition) is 1. The number of fused-ring (bicyclic) bond motifs is 2. The Kier molecular flexibility index (Phi) is 4.81. The lowest BCUT2D eigenvalue weighted by Gasteiger charge is -2.22. The smallest absolute Gasteiger partial charge is 0.257 e. The van der Waals surface area contributed by atoms with Gasteiger partial charge >= 0.3 is 0 Å². The van der Waals surface area contributed by atoms with Gasteiger partial charge in [0, 0.05) is 31.4 Å². The predicted octanol–water partition coefficient (Wildman–Crippen LogP) is 3.78. The molecular weight excluding hydrogens is 390 g/mol.